The van der Waals surface area contributed by atoms with Gasteiger partial charge in [-0.15, -0.1) is 0 Å². The molecule has 0 atom stereocenters. The van der Waals surface area contributed by atoms with Crippen LogP contribution in [0, 0.1) is 12.3 Å². The van der Waals surface area contributed by atoms with Gasteiger partial charge in [0.2, 0.25) is 5.91 Å². The van der Waals surface area contributed by atoms with Crippen LogP contribution in [0.1, 0.15) is 37.1 Å². The molecular weight excluding hydrogens is 440 g/mol. The van der Waals surface area contributed by atoms with Gasteiger partial charge in [-0.2, -0.15) is 4.98 Å². The van der Waals surface area contributed by atoms with E-state index in [0.717, 1.165) is 73.3 Å². The molecule has 35 heavy (non-hydrogen) atoms. The first-order valence-corrected chi connectivity index (χ1v) is 12.3. The number of fused-ring (bicyclic) bond motifs is 1. The van der Waals surface area contributed by atoms with E-state index in [-0.39, 0.29) is 11.3 Å². The van der Waals surface area contributed by atoms with Gasteiger partial charge in [0.05, 0.1) is 22.6 Å². The Morgan fingerprint density at radius 2 is 1.71 bits per heavy atom. The topological polar surface area (TPSA) is 88.3 Å². The fourth-order valence-electron chi connectivity index (χ4n) is 5.51. The molecule has 8 nitrogen and oxygen atoms in total. The monoisotopic (exact) mass is 468 g/mol. The van der Waals surface area contributed by atoms with Crippen LogP contribution in [0.25, 0.3) is 22.5 Å². The van der Waals surface area contributed by atoms with Gasteiger partial charge in [0.25, 0.3) is 5.89 Å². The highest BCUT2D eigenvalue weighted by Gasteiger charge is 2.45. The summed E-state index contributed by atoms with van der Waals surface area (Å²) in [7, 11) is 0. The fraction of sp³-hybridized carbons (Fsp3) is 0.370. The van der Waals surface area contributed by atoms with Gasteiger partial charge < -0.3 is 14.3 Å². The first-order chi connectivity index (χ1) is 17.1. The van der Waals surface area contributed by atoms with E-state index in [1.54, 1.807) is 0 Å². The summed E-state index contributed by atoms with van der Waals surface area (Å²) in [5.74, 6) is 2.26. The van der Waals surface area contributed by atoms with Crippen LogP contribution < -0.4 is 4.90 Å². The summed E-state index contributed by atoms with van der Waals surface area (Å²) < 4.78 is 5.42. The quantitative estimate of drug-likeness (QED) is 0.439. The number of benzene rings is 2. The van der Waals surface area contributed by atoms with Gasteiger partial charge in [0.1, 0.15) is 5.82 Å². The lowest BCUT2D eigenvalue weighted by Gasteiger charge is -2.46. The first-order valence-electron chi connectivity index (χ1n) is 12.3. The maximum atomic E-state index is 13.8. The molecule has 1 spiro atoms. The van der Waals surface area contributed by atoms with E-state index in [9.17, 15) is 4.79 Å². The lowest BCUT2D eigenvalue weighted by Crippen LogP contribution is -2.53. The largest absolute Gasteiger partial charge is 0.355 e. The molecule has 8 heteroatoms. The summed E-state index contributed by atoms with van der Waals surface area (Å²) in [5, 5.41) is 3.93. The lowest BCUT2D eigenvalue weighted by molar-refractivity contribution is -0.148. The number of likely N-dealkylation sites (tertiary alicyclic amines) is 1. The van der Waals surface area contributed by atoms with Gasteiger partial charge in [-0.25, -0.2) is 4.98 Å². The van der Waals surface area contributed by atoms with Gasteiger partial charge in [-0.1, -0.05) is 35.5 Å². The van der Waals surface area contributed by atoms with Crippen molar-refractivity contribution in [1.29, 1.82) is 0 Å². The Bertz CT molecular complexity index is 1370. The van der Waals surface area contributed by atoms with Crippen molar-refractivity contribution in [1.82, 2.24) is 25.0 Å². The van der Waals surface area contributed by atoms with Gasteiger partial charge in [-0.3, -0.25) is 9.78 Å². The van der Waals surface area contributed by atoms with Crippen molar-refractivity contribution in [2.45, 2.75) is 39.2 Å². The van der Waals surface area contributed by atoms with Crippen molar-refractivity contribution in [3.63, 3.8) is 0 Å². The highest BCUT2D eigenvalue weighted by atomic mass is 16.5. The summed E-state index contributed by atoms with van der Waals surface area (Å²) in [6, 6.07) is 15.9. The third kappa shape index (κ3) is 4.03. The number of aromatic nitrogens is 4. The van der Waals surface area contributed by atoms with Gasteiger partial charge >= 0.3 is 0 Å². The molecule has 0 bridgehead atoms. The SMILES string of the molecule is Cc1noc(-c2ccccc2CN2CCCC3(CCN(c4cnc5ccccc5n4)CC3)C2=O)n1. The van der Waals surface area contributed by atoms with E-state index in [2.05, 4.69) is 20.0 Å². The van der Waals surface area contributed by atoms with Crippen molar-refractivity contribution in [2.75, 3.05) is 24.5 Å². The summed E-state index contributed by atoms with van der Waals surface area (Å²) in [5.41, 5.74) is 3.43. The minimum Gasteiger partial charge on any atom is -0.355 e. The summed E-state index contributed by atoms with van der Waals surface area (Å²) in [6.07, 6.45) is 5.49. The Kier molecular flexibility index (Phi) is 5.43. The molecule has 4 heterocycles. The zero-order valence-electron chi connectivity index (χ0n) is 19.9. The molecule has 2 saturated heterocycles. The summed E-state index contributed by atoms with van der Waals surface area (Å²) >= 11 is 0. The molecule has 0 radical (unpaired) electrons. The molecule has 2 aliphatic heterocycles. The number of nitrogens with zero attached hydrogens (tertiary/aromatic N) is 6. The van der Waals surface area contributed by atoms with Crippen molar-refractivity contribution >= 4 is 22.8 Å². The second-order valence-electron chi connectivity index (χ2n) is 9.62. The molecule has 2 aromatic heterocycles. The second kappa shape index (κ2) is 8.76. The minimum atomic E-state index is -0.297. The lowest BCUT2D eigenvalue weighted by atomic mass is 9.71. The second-order valence-corrected chi connectivity index (χ2v) is 9.62. The average Bonchev–Trinajstić information content (AvgIpc) is 3.33. The van der Waals surface area contributed by atoms with Crippen molar-refractivity contribution in [3.05, 3.63) is 66.1 Å². The number of anilines is 1. The number of rotatable bonds is 4. The molecule has 0 N–H and O–H groups in total. The van der Waals surface area contributed by atoms with Crippen LogP contribution in [0.15, 0.2) is 59.3 Å². The average molecular weight is 469 g/mol. The molecule has 2 aromatic carbocycles. The van der Waals surface area contributed by atoms with Crippen LogP contribution in [0.4, 0.5) is 5.82 Å². The van der Waals surface area contributed by atoms with Crippen molar-refractivity contribution < 1.29 is 9.32 Å². The zero-order chi connectivity index (χ0) is 23.8. The molecule has 6 rings (SSSR count). The van der Waals surface area contributed by atoms with E-state index in [1.807, 2.05) is 66.6 Å². The third-order valence-corrected chi connectivity index (χ3v) is 7.44. The Hall–Kier alpha value is -3.81. The normalized spacial score (nSPS) is 17.9. The zero-order valence-corrected chi connectivity index (χ0v) is 19.9. The number of carbonyl (C=O) groups excluding carboxylic acids is 1. The summed E-state index contributed by atoms with van der Waals surface area (Å²) in [6.45, 7) is 4.76. The third-order valence-electron chi connectivity index (χ3n) is 7.44. The molecular formula is C27H28N6O2. The maximum absolute atomic E-state index is 13.8. The van der Waals surface area contributed by atoms with Crippen LogP contribution in [-0.2, 0) is 11.3 Å². The van der Waals surface area contributed by atoms with E-state index < -0.39 is 0 Å². The number of hydrogen-bond donors (Lipinski definition) is 0. The number of carbonyl (C=O) groups is 1. The maximum Gasteiger partial charge on any atom is 0.258 e. The molecule has 2 fully saturated rings. The number of para-hydroxylation sites is 2. The Morgan fingerprint density at radius 1 is 0.943 bits per heavy atom. The fourth-order valence-corrected chi connectivity index (χ4v) is 5.51. The molecule has 0 saturated carbocycles. The Labute approximate surface area is 204 Å². The predicted octanol–water partition coefficient (Wildman–Crippen LogP) is 4.40. The van der Waals surface area contributed by atoms with Crippen LogP contribution in [0.5, 0.6) is 0 Å². The van der Waals surface area contributed by atoms with Gasteiger partial charge in [-0.05, 0) is 56.4 Å². The van der Waals surface area contributed by atoms with Gasteiger partial charge in [0, 0.05) is 31.7 Å². The standard InChI is InChI=1S/C27H28N6O2/c1-19-29-25(35-31-19)21-8-3-2-7-20(21)18-33-14-6-11-27(26(33)34)12-15-32(16-13-27)24-17-28-22-9-4-5-10-23(22)30-24/h2-5,7-10,17H,6,11-16,18H2,1H3. The van der Waals surface area contributed by atoms with Crippen LogP contribution in [-0.4, -0.2) is 50.5 Å². The molecule has 2 aliphatic rings. The summed E-state index contributed by atoms with van der Waals surface area (Å²) in [4.78, 5) is 31.9. The van der Waals surface area contributed by atoms with Gasteiger partial charge in [0.15, 0.2) is 5.82 Å². The Morgan fingerprint density at radius 3 is 2.51 bits per heavy atom. The van der Waals surface area contributed by atoms with Crippen LogP contribution in [0.3, 0.4) is 0 Å². The molecule has 1 amide bonds. The number of amides is 1. The number of piperidine rings is 2. The number of hydrogen-bond acceptors (Lipinski definition) is 7. The molecule has 4 aromatic rings. The smallest absolute Gasteiger partial charge is 0.258 e. The minimum absolute atomic E-state index is 0.268. The highest BCUT2D eigenvalue weighted by Crippen LogP contribution is 2.42. The number of aryl methyl sites for hydroxylation is 1. The van der Waals surface area contributed by atoms with E-state index in [0.29, 0.717) is 18.3 Å². The Balaban J connectivity index is 1.18. The molecule has 0 aliphatic carbocycles. The van der Waals surface area contributed by atoms with Crippen molar-refractivity contribution in [3.8, 4) is 11.5 Å². The van der Waals surface area contributed by atoms with Crippen LogP contribution >= 0.6 is 0 Å². The molecule has 0 unspecified atom stereocenters. The van der Waals surface area contributed by atoms with Crippen LogP contribution in [0.2, 0.25) is 0 Å². The van der Waals surface area contributed by atoms with E-state index >= 15 is 0 Å². The molecule has 178 valence electrons. The van der Waals surface area contributed by atoms with E-state index in [4.69, 9.17) is 9.51 Å². The first kappa shape index (κ1) is 21.7. The predicted molar refractivity (Wildman–Crippen MR) is 133 cm³/mol. The van der Waals surface area contributed by atoms with E-state index in [1.165, 1.54) is 0 Å². The van der Waals surface area contributed by atoms with Crippen molar-refractivity contribution in [2.24, 2.45) is 5.41 Å². The highest BCUT2D eigenvalue weighted by molar-refractivity contribution is 5.84.